The SMILES string of the molecule is COc1ccc(CC(=O)[C@H](CCCCN)NC(=O)c2cc(CC(=O)[C@H](CCCCN)NC(=O)c3cc(CC(=O)[C@H](CCCCN)NC(=O)c4cc(CC(=O)[C@H](CCCCN)NC(=O)c5cccc(C(C)=O)c5)ccc4OC)ccc3OC)ccc2OC)cc1C(N)=O. The number of rotatable bonds is 42. The van der Waals surface area contributed by atoms with Crippen molar-refractivity contribution in [1.82, 2.24) is 21.3 Å². The molecule has 0 saturated heterocycles. The van der Waals surface area contributed by atoms with E-state index >= 15 is 0 Å². The predicted octanol–water partition coefficient (Wildman–Crippen LogP) is 5.18. The number of hydrogen-bond donors (Lipinski definition) is 9. The van der Waals surface area contributed by atoms with Crippen LogP contribution in [0.15, 0.2) is 97.1 Å². The van der Waals surface area contributed by atoms with Crippen molar-refractivity contribution in [3.63, 3.8) is 0 Å². The number of Topliss-reactive ketones (excluding diaryl/α,β-unsaturated/α-hetero) is 5. The average molecular weight is 1270 g/mol. The number of unbranched alkanes of at least 4 members (excludes halogenated alkanes) is 4. The molecule has 0 heterocycles. The van der Waals surface area contributed by atoms with E-state index < -0.39 is 65.3 Å². The Morgan fingerprint density at radius 3 is 0.902 bits per heavy atom. The van der Waals surface area contributed by atoms with E-state index in [4.69, 9.17) is 47.6 Å². The second kappa shape index (κ2) is 37.9. The summed E-state index contributed by atoms with van der Waals surface area (Å²) in [4.78, 5) is 137. The molecule has 4 atom stereocenters. The van der Waals surface area contributed by atoms with E-state index in [1.54, 1.807) is 48.5 Å². The Labute approximate surface area is 537 Å². The molecule has 0 saturated carbocycles. The normalized spacial score (nSPS) is 12.3. The Morgan fingerprint density at radius 1 is 0.359 bits per heavy atom. The van der Waals surface area contributed by atoms with Crippen molar-refractivity contribution in [2.75, 3.05) is 54.6 Å². The van der Waals surface area contributed by atoms with Gasteiger partial charge in [0, 0.05) is 36.8 Å². The summed E-state index contributed by atoms with van der Waals surface area (Å²) in [6.45, 7) is 2.80. The van der Waals surface area contributed by atoms with E-state index in [9.17, 15) is 47.9 Å². The molecule has 0 spiro atoms. The number of amides is 5. The molecular weight excluding hydrogens is 1180 g/mol. The molecule has 14 N–H and O–H groups in total. The number of benzene rings is 5. The molecule has 92 heavy (non-hydrogen) atoms. The monoisotopic (exact) mass is 1270 g/mol. The van der Waals surface area contributed by atoms with Gasteiger partial charge in [0.15, 0.2) is 28.9 Å². The standard InChI is InChI=1S/C69H89N9O14/c1-42(79)47-15-14-16-48(41-47)66(85)75-53(17-6-10-29-70)57(80)38-44-22-26-62(90-3)50(34-44)68(87)77-55(19-8-12-31-72)59(82)40-46-24-28-64(92-5)52(36-46)69(88)78-56(20-9-13-32-73)60(83)39-45-23-27-63(91-4)51(35-45)67(86)76-54(18-7-11-30-71)58(81)37-43-21-25-61(89-2)49(33-43)65(74)84/h14-16,21-28,33-36,41,53-56H,6-13,17-20,29-32,37-40,70-73H2,1-5H3,(H2,74,84)(H,75,85)(H,76,86)(H,77,87)(H,78,88)/t53-,54-,55-,56-/m0/s1. The smallest absolute Gasteiger partial charge is 0.255 e. The molecule has 494 valence electrons. The number of ether oxygens (including phenoxy) is 4. The fraction of sp³-hybridized carbons (Fsp3) is 0.420. The third-order valence-electron chi connectivity index (χ3n) is 15.7. The molecule has 0 aromatic heterocycles. The molecule has 23 nitrogen and oxygen atoms in total. The minimum Gasteiger partial charge on any atom is -0.496 e. The number of methoxy groups -OCH3 is 4. The van der Waals surface area contributed by atoms with Crippen molar-refractivity contribution in [3.05, 3.63) is 153 Å². The molecule has 0 fully saturated rings. The van der Waals surface area contributed by atoms with E-state index in [2.05, 4.69) is 21.3 Å². The Morgan fingerprint density at radius 2 is 0.630 bits per heavy atom. The molecule has 0 unspecified atom stereocenters. The van der Waals surface area contributed by atoms with Crippen LogP contribution in [0.1, 0.15) is 168 Å². The maximum absolute atomic E-state index is 14.4. The fourth-order valence-electron chi connectivity index (χ4n) is 10.5. The van der Waals surface area contributed by atoms with Gasteiger partial charge in [-0.05, 0) is 193 Å². The molecular formula is C69H89N9O14. The maximum Gasteiger partial charge on any atom is 0.255 e. The van der Waals surface area contributed by atoms with E-state index in [1.165, 1.54) is 83.9 Å². The molecule has 5 amide bonds. The van der Waals surface area contributed by atoms with Gasteiger partial charge in [0.25, 0.3) is 29.5 Å². The second-order valence-corrected chi connectivity index (χ2v) is 22.5. The van der Waals surface area contributed by atoms with Gasteiger partial charge in [0.1, 0.15) is 23.0 Å². The number of carbonyl (C=O) groups excluding carboxylic acids is 10. The first-order chi connectivity index (χ1) is 44.2. The van der Waals surface area contributed by atoms with Gasteiger partial charge in [-0.2, -0.15) is 0 Å². The summed E-state index contributed by atoms with van der Waals surface area (Å²) < 4.78 is 22.0. The van der Waals surface area contributed by atoms with Crippen LogP contribution in [0.5, 0.6) is 23.0 Å². The molecule has 23 heteroatoms. The second-order valence-electron chi connectivity index (χ2n) is 22.5. The van der Waals surface area contributed by atoms with Crippen molar-refractivity contribution in [1.29, 1.82) is 0 Å². The van der Waals surface area contributed by atoms with Crippen LogP contribution in [-0.2, 0) is 44.9 Å². The lowest BCUT2D eigenvalue weighted by Gasteiger charge is -2.21. The summed E-state index contributed by atoms with van der Waals surface area (Å²) in [5, 5.41) is 11.4. The first-order valence-electron chi connectivity index (χ1n) is 31.0. The van der Waals surface area contributed by atoms with Gasteiger partial charge in [0.05, 0.1) is 74.9 Å². The molecule has 0 aliphatic rings. The topological polar surface area (TPSA) is 386 Å². The first-order valence-corrected chi connectivity index (χ1v) is 31.0. The van der Waals surface area contributed by atoms with Gasteiger partial charge >= 0.3 is 0 Å². The van der Waals surface area contributed by atoms with Crippen LogP contribution in [0.25, 0.3) is 0 Å². The number of hydrogen-bond acceptors (Lipinski definition) is 18. The van der Waals surface area contributed by atoms with Crippen molar-refractivity contribution < 1.29 is 66.9 Å². The molecule has 0 bridgehead atoms. The third-order valence-corrected chi connectivity index (χ3v) is 15.7. The van der Waals surface area contributed by atoms with Crippen molar-refractivity contribution in [3.8, 4) is 23.0 Å². The Balaban J connectivity index is 1.33. The lowest BCUT2D eigenvalue weighted by atomic mass is 9.95. The molecule has 5 aromatic rings. The first kappa shape index (κ1) is 73.6. The van der Waals surface area contributed by atoms with Crippen LogP contribution in [0, 0.1) is 0 Å². The average Bonchev–Trinajstić information content (AvgIpc) is 1.33. The van der Waals surface area contributed by atoms with Crippen LogP contribution in [0.2, 0.25) is 0 Å². The highest BCUT2D eigenvalue weighted by Crippen LogP contribution is 2.27. The highest BCUT2D eigenvalue weighted by Gasteiger charge is 2.30. The van der Waals surface area contributed by atoms with Gasteiger partial charge < -0.3 is 68.9 Å². The summed E-state index contributed by atoms with van der Waals surface area (Å²) in [5.41, 5.74) is 31.3. The van der Waals surface area contributed by atoms with Crippen molar-refractivity contribution in [2.45, 2.75) is 134 Å². The van der Waals surface area contributed by atoms with Gasteiger partial charge in [-0.3, -0.25) is 47.9 Å². The number of nitrogens with two attached hydrogens (primary N) is 5. The predicted molar refractivity (Wildman–Crippen MR) is 348 cm³/mol. The van der Waals surface area contributed by atoms with E-state index in [-0.39, 0.29) is 113 Å². The molecule has 0 radical (unpaired) electrons. The lowest BCUT2D eigenvalue weighted by Crippen LogP contribution is -2.42. The van der Waals surface area contributed by atoms with Crippen molar-refractivity contribution >= 4 is 58.5 Å². The van der Waals surface area contributed by atoms with Gasteiger partial charge in [0.2, 0.25) is 0 Å². The van der Waals surface area contributed by atoms with Gasteiger partial charge in [-0.15, -0.1) is 0 Å². The Kier molecular flexibility index (Phi) is 30.3. The zero-order chi connectivity index (χ0) is 67.3. The molecule has 0 aliphatic heterocycles. The Bertz CT molecular complexity index is 3410. The molecule has 5 aromatic carbocycles. The number of primary amides is 1. The minimum absolute atomic E-state index is 0.0249. The zero-order valence-electron chi connectivity index (χ0n) is 53.3. The number of carbonyl (C=O) groups is 10. The Hall–Kier alpha value is -9.16. The quantitative estimate of drug-likeness (QED) is 0.0179. The van der Waals surface area contributed by atoms with Crippen LogP contribution < -0.4 is 68.9 Å². The minimum atomic E-state index is -1.05. The molecule has 5 rings (SSSR count). The summed E-state index contributed by atoms with van der Waals surface area (Å²) in [5.74, 6) is -4.18. The fourth-order valence-corrected chi connectivity index (χ4v) is 10.5. The van der Waals surface area contributed by atoms with Gasteiger partial charge in [-0.25, -0.2) is 0 Å². The van der Waals surface area contributed by atoms with E-state index in [0.717, 1.165) is 0 Å². The van der Waals surface area contributed by atoms with Gasteiger partial charge in [-0.1, -0.05) is 36.4 Å². The highest BCUT2D eigenvalue weighted by molar-refractivity contribution is 6.05. The third kappa shape index (κ3) is 22.1. The largest absolute Gasteiger partial charge is 0.496 e. The molecule has 0 aliphatic carbocycles. The van der Waals surface area contributed by atoms with Crippen molar-refractivity contribution in [2.24, 2.45) is 28.7 Å². The lowest BCUT2D eigenvalue weighted by molar-refractivity contribution is -0.121. The summed E-state index contributed by atoms with van der Waals surface area (Å²) >= 11 is 0. The highest BCUT2D eigenvalue weighted by atomic mass is 16.5. The van der Waals surface area contributed by atoms with E-state index in [1.807, 2.05) is 0 Å². The van der Waals surface area contributed by atoms with Crippen LogP contribution in [0.3, 0.4) is 0 Å². The van der Waals surface area contributed by atoms with Crippen LogP contribution in [0.4, 0.5) is 0 Å². The summed E-state index contributed by atoms with van der Waals surface area (Å²) in [6.07, 6.45) is 4.47. The van der Waals surface area contributed by atoms with Crippen LogP contribution >= 0.6 is 0 Å². The van der Waals surface area contributed by atoms with E-state index in [0.29, 0.717) is 112 Å². The van der Waals surface area contributed by atoms with Crippen LogP contribution in [-0.4, -0.2) is 137 Å². The maximum atomic E-state index is 14.4. The summed E-state index contributed by atoms with van der Waals surface area (Å²) in [7, 11) is 5.53. The number of ketones is 5. The summed E-state index contributed by atoms with van der Waals surface area (Å²) in [6, 6.07) is 20.8. The zero-order valence-corrected chi connectivity index (χ0v) is 53.3. The number of nitrogens with one attached hydrogen (secondary N) is 4.